The molecule has 0 amide bonds. The SMILES string of the molecule is SCCCSC(SCCCS)(SCCCS)SCCCS. The molecule has 0 spiro atoms. The zero-order valence-electron chi connectivity index (χ0n) is 12.4. The van der Waals surface area contributed by atoms with Crippen molar-refractivity contribution in [1.82, 2.24) is 0 Å². The molecule has 0 radical (unpaired) electrons. The average molecular weight is 441 g/mol. The molecule has 0 heterocycles. The van der Waals surface area contributed by atoms with Crippen LogP contribution in [0.1, 0.15) is 25.7 Å². The molecule has 0 atom stereocenters. The van der Waals surface area contributed by atoms with E-state index in [-0.39, 0.29) is 2.74 Å². The number of hydrogen-bond acceptors (Lipinski definition) is 8. The molecular weight excluding hydrogens is 413 g/mol. The number of hydrogen-bond donors (Lipinski definition) is 4. The molecule has 21 heavy (non-hydrogen) atoms. The van der Waals surface area contributed by atoms with Crippen molar-refractivity contribution in [3.8, 4) is 0 Å². The van der Waals surface area contributed by atoms with Gasteiger partial charge >= 0.3 is 0 Å². The molecule has 0 N–H and O–H groups in total. The van der Waals surface area contributed by atoms with E-state index in [1.807, 2.05) is 0 Å². The Labute approximate surface area is 170 Å². The van der Waals surface area contributed by atoms with Crippen molar-refractivity contribution in [2.45, 2.75) is 28.4 Å². The van der Waals surface area contributed by atoms with Crippen molar-refractivity contribution in [2.75, 3.05) is 46.0 Å². The molecule has 0 aliphatic carbocycles. The molecule has 128 valence electrons. The molecule has 0 nitrogen and oxygen atoms in total. The van der Waals surface area contributed by atoms with Gasteiger partial charge in [-0.3, -0.25) is 0 Å². The third kappa shape index (κ3) is 13.7. The van der Waals surface area contributed by atoms with Crippen molar-refractivity contribution in [1.29, 1.82) is 0 Å². The molecule has 0 aromatic rings. The van der Waals surface area contributed by atoms with E-state index in [2.05, 4.69) is 97.6 Å². The van der Waals surface area contributed by atoms with Gasteiger partial charge in [-0.15, -0.1) is 47.0 Å². The highest BCUT2D eigenvalue weighted by Gasteiger charge is 2.31. The lowest BCUT2D eigenvalue weighted by Crippen LogP contribution is -2.15. The van der Waals surface area contributed by atoms with Gasteiger partial charge in [0.25, 0.3) is 0 Å². The predicted molar refractivity (Wildman–Crippen MR) is 126 cm³/mol. The standard InChI is InChI=1S/C13H28S8/c14-5-1-9-18-13(19-10-2-6-15,20-11-3-7-16)21-12-4-8-17/h14-17H,1-12H2. The van der Waals surface area contributed by atoms with E-state index in [0.717, 1.165) is 23.0 Å². The smallest absolute Gasteiger partial charge is 0.153 e. The minimum Gasteiger partial charge on any atom is -0.179 e. The summed E-state index contributed by atoms with van der Waals surface area (Å²) in [7, 11) is 0. The molecule has 0 aromatic heterocycles. The van der Waals surface area contributed by atoms with Crippen LogP contribution in [-0.4, -0.2) is 48.8 Å². The van der Waals surface area contributed by atoms with Gasteiger partial charge in [-0.1, -0.05) is 0 Å². The van der Waals surface area contributed by atoms with E-state index in [1.165, 1.54) is 48.7 Å². The fraction of sp³-hybridized carbons (Fsp3) is 1.00. The van der Waals surface area contributed by atoms with Crippen molar-refractivity contribution >= 4 is 97.6 Å². The topological polar surface area (TPSA) is 0 Å². The monoisotopic (exact) mass is 440 g/mol. The number of thioether (sulfide) groups is 4. The molecule has 0 unspecified atom stereocenters. The maximum atomic E-state index is 4.34. The molecule has 0 rings (SSSR count). The molecule has 0 bridgehead atoms. The van der Waals surface area contributed by atoms with Gasteiger partial charge in [-0.05, 0) is 71.7 Å². The minimum absolute atomic E-state index is 0.234. The second-order valence-corrected chi connectivity index (χ2v) is 12.8. The third-order valence-corrected chi connectivity index (χ3v) is 11.2. The van der Waals surface area contributed by atoms with Crippen LogP contribution in [0.15, 0.2) is 0 Å². The van der Waals surface area contributed by atoms with Crippen LogP contribution in [0.5, 0.6) is 0 Å². The van der Waals surface area contributed by atoms with Crippen molar-refractivity contribution in [3.63, 3.8) is 0 Å². The van der Waals surface area contributed by atoms with Crippen LogP contribution in [-0.2, 0) is 0 Å². The van der Waals surface area contributed by atoms with Crippen LogP contribution in [0.25, 0.3) is 0 Å². The number of thiol groups is 4. The zero-order chi connectivity index (χ0) is 15.8. The second-order valence-electron chi connectivity index (χ2n) is 4.20. The van der Waals surface area contributed by atoms with Gasteiger partial charge in [-0.25, -0.2) is 0 Å². The van der Waals surface area contributed by atoms with E-state index in [4.69, 9.17) is 0 Å². The fourth-order valence-electron chi connectivity index (χ4n) is 1.30. The molecular formula is C13H28S8. The van der Waals surface area contributed by atoms with E-state index in [0.29, 0.717) is 0 Å². The Morgan fingerprint density at radius 1 is 0.476 bits per heavy atom. The molecule has 0 aliphatic heterocycles. The van der Waals surface area contributed by atoms with Gasteiger partial charge in [0.15, 0.2) is 2.74 Å². The Morgan fingerprint density at radius 2 is 0.714 bits per heavy atom. The van der Waals surface area contributed by atoms with Gasteiger partial charge in [0, 0.05) is 0 Å². The van der Waals surface area contributed by atoms with Crippen molar-refractivity contribution in [2.24, 2.45) is 0 Å². The lowest BCUT2D eigenvalue weighted by molar-refractivity contribution is 1.11. The number of rotatable bonds is 16. The van der Waals surface area contributed by atoms with Crippen LogP contribution in [0.2, 0.25) is 0 Å². The fourth-order valence-corrected chi connectivity index (χ4v) is 9.94. The van der Waals surface area contributed by atoms with Crippen LogP contribution < -0.4 is 0 Å². The summed E-state index contributed by atoms with van der Waals surface area (Å²) in [5, 5.41) is 0. The Balaban J connectivity index is 4.52. The van der Waals surface area contributed by atoms with Crippen molar-refractivity contribution < 1.29 is 0 Å². The minimum atomic E-state index is 0.234. The highest BCUT2D eigenvalue weighted by Crippen LogP contribution is 2.56. The lowest BCUT2D eigenvalue weighted by Gasteiger charge is -2.32. The normalized spacial score (nSPS) is 12.0. The first-order valence-corrected chi connectivity index (χ1v) is 13.7. The van der Waals surface area contributed by atoms with E-state index in [9.17, 15) is 0 Å². The molecule has 0 saturated carbocycles. The summed E-state index contributed by atoms with van der Waals surface area (Å²) < 4.78 is 0.234. The summed E-state index contributed by atoms with van der Waals surface area (Å²) in [6, 6.07) is 0. The quantitative estimate of drug-likeness (QED) is 0.136. The van der Waals surface area contributed by atoms with Gasteiger partial charge in [0.2, 0.25) is 0 Å². The summed E-state index contributed by atoms with van der Waals surface area (Å²) in [6.07, 6.45) is 4.73. The van der Waals surface area contributed by atoms with Crippen LogP contribution in [0.4, 0.5) is 0 Å². The van der Waals surface area contributed by atoms with Crippen LogP contribution >= 0.6 is 97.6 Å². The summed E-state index contributed by atoms with van der Waals surface area (Å²) in [4.78, 5) is 0. The zero-order valence-corrected chi connectivity index (χ0v) is 19.3. The maximum Gasteiger partial charge on any atom is 0.153 e. The molecule has 0 fully saturated rings. The Hall–Kier alpha value is 2.80. The first kappa shape index (κ1) is 23.8. The van der Waals surface area contributed by atoms with E-state index in [1.54, 1.807) is 0 Å². The average Bonchev–Trinajstić information content (AvgIpc) is 2.48. The largest absolute Gasteiger partial charge is 0.179 e. The lowest BCUT2D eigenvalue weighted by atomic mass is 10.6. The summed E-state index contributed by atoms with van der Waals surface area (Å²) in [5.74, 6) is 8.69. The van der Waals surface area contributed by atoms with E-state index >= 15 is 0 Å². The molecule has 0 aromatic carbocycles. The summed E-state index contributed by atoms with van der Waals surface area (Å²) in [6.45, 7) is 0. The Morgan fingerprint density at radius 3 is 0.905 bits per heavy atom. The Kier molecular flexibility index (Phi) is 20.0. The Bertz CT molecular complexity index is 169. The van der Waals surface area contributed by atoms with E-state index < -0.39 is 0 Å². The third-order valence-electron chi connectivity index (χ3n) is 2.33. The van der Waals surface area contributed by atoms with Crippen LogP contribution in [0.3, 0.4) is 0 Å². The van der Waals surface area contributed by atoms with Crippen molar-refractivity contribution in [3.05, 3.63) is 0 Å². The van der Waals surface area contributed by atoms with Gasteiger partial charge < -0.3 is 0 Å². The van der Waals surface area contributed by atoms with Gasteiger partial charge in [0.05, 0.1) is 0 Å². The molecule has 8 heteroatoms. The highest BCUT2D eigenvalue weighted by molar-refractivity contribution is 8.47. The summed E-state index contributed by atoms with van der Waals surface area (Å²) >= 11 is 25.8. The van der Waals surface area contributed by atoms with Gasteiger partial charge in [0.1, 0.15) is 0 Å². The first-order valence-electron chi connectivity index (χ1n) is 7.24. The first-order chi connectivity index (χ1) is 10.2. The van der Waals surface area contributed by atoms with Gasteiger partial charge in [-0.2, -0.15) is 50.5 Å². The maximum absolute atomic E-state index is 4.34. The van der Waals surface area contributed by atoms with Crippen LogP contribution in [0, 0.1) is 0 Å². The molecule has 0 saturated heterocycles. The molecule has 0 aliphatic rings. The second kappa shape index (κ2) is 17.6. The summed E-state index contributed by atoms with van der Waals surface area (Å²) in [5.41, 5.74) is 0. The highest BCUT2D eigenvalue weighted by atomic mass is 32.3. The predicted octanol–water partition coefficient (Wildman–Crippen LogP) is 5.81.